The highest BCUT2D eigenvalue weighted by Gasteiger charge is 2.24. The first-order valence-electron chi connectivity index (χ1n) is 7.43. The number of hydrogen-bond donors (Lipinski definition) is 0. The maximum atomic E-state index is 11.5. The Morgan fingerprint density at radius 2 is 1.86 bits per heavy atom. The molecular formula is C14H25N5O2S. The molecule has 0 atom stereocenters. The molecule has 1 fully saturated rings. The van der Waals surface area contributed by atoms with Gasteiger partial charge in [-0.15, -0.1) is 0 Å². The second-order valence-electron chi connectivity index (χ2n) is 6.10. The van der Waals surface area contributed by atoms with Crippen LogP contribution in [0.2, 0.25) is 0 Å². The molecule has 1 saturated heterocycles. The zero-order valence-electron chi connectivity index (χ0n) is 13.7. The molecule has 2 heterocycles. The van der Waals surface area contributed by atoms with E-state index in [-0.39, 0.29) is 0 Å². The monoisotopic (exact) mass is 327 g/mol. The SMILES string of the molecule is CN(C)c1cc(N2CCC(CN(C)S(C)(=O)=O)CC2)ncn1. The molecule has 0 amide bonds. The summed E-state index contributed by atoms with van der Waals surface area (Å²) < 4.78 is 24.4. The second-order valence-corrected chi connectivity index (χ2v) is 8.19. The van der Waals surface area contributed by atoms with Crippen LogP contribution >= 0.6 is 0 Å². The Morgan fingerprint density at radius 3 is 2.41 bits per heavy atom. The molecule has 0 saturated carbocycles. The predicted octanol–water partition coefficient (Wildman–Crippen LogP) is 0.650. The fourth-order valence-electron chi connectivity index (χ4n) is 2.60. The van der Waals surface area contributed by atoms with Crippen molar-refractivity contribution in [3.8, 4) is 0 Å². The van der Waals surface area contributed by atoms with Crippen LogP contribution in [-0.2, 0) is 10.0 Å². The molecule has 1 aromatic rings. The van der Waals surface area contributed by atoms with Gasteiger partial charge in [-0.1, -0.05) is 0 Å². The Morgan fingerprint density at radius 1 is 1.23 bits per heavy atom. The van der Waals surface area contributed by atoms with Gasteiger partial charge in [-0.2, -0.15) is 0 Å². The number of hydrogen-bond acceptors (Lipinski definition) is 6. The van der Waals surface area contributed by atoms with E-state index in [0.717, 1.165) is 37.6 Å². The van der Waals surface area contributed by atoms with Crippen LogP contribution in [-0.4, -0.2) is 69.7 Å². The highest BCUT2D eigenvalue weighted by Crippen LogP contribution is 2.24. The molecule has 0 unspecified atom stereocenters. The molecule has 0 aliphatic carbocycles. The minimum Gasteiger partial charge on any atom is -0.363 e. The van der Waals surface area contributed by atoms with Gasteiger partial charge in [0.2, 0.25) is 10.0 Å². The van der Waals surface area contributed by atoms with Gasteiger partial charge in [0.25, 0.3) is 0 Å². The molecule has 0 radical (unpaired) electrons. The largest absolute Gasteiger partial charge is 0.363 e. The van der Waals surface area contributed by atoms with Crippen molar-refractivity contribution < 1.29 is 8.42 Å². The Labute approximate surface area is 133 Å². The van der Waals surface area contributed by atoms with E-state index < -0.39 is 10.0 Å². The normalized spacial score (nSPS) is 17.0. The molecule has 0 N–H and O–H groups in total. The van der Waals surface area contributed by atoms with Gasteiger partial charge >= 0.3 is 0 Å². The molecule has 7 nitrogen and oxygen atoms in total. The topological polar surface area (TPSA) is 69.6 Å². The van der Waals surface area contributed by atoms with Gasteiger partial charge in [0.1, 0.15) is 18.0 Å². The molecule has 0 aromatic carbocycles. The van der Waals surface area contributed by atoms with Crippen molar-refractivity contribution in [1.29, 1.82) is 0 Å². The third-order valence-corrected chi connectivity index (χ3v) is 5.40. The molecule has 0 spiro atoms. The summed E-state index contributed by atoms with van der Waals surface area (Å²) in [5, 5.41) is 0. The second kappa shape index (κ2) is 6.78. The Hall–Kier alpha value is -1.41. The zero-order valence-corrected chi connectivity index (χ0v) is 14.5. The van der Waals surface area contributed by atoms with Crippen LogP contribution in [0.4, 0.5) is 11.6 Å². The summed E-state index contributed by atoms with van der Waals surface area (Å²) in [6, 6.07) is 1.99. The van der Waals surface area contributed by atoms with Gasteiger partial charge in [-0.05, 0) is 18.8 Å². The van der Waals surface area contributed by atoms with Crippen LogP contribution in [0.1, 0.15) is 12.8 Å². The Balaban J connectivity index is 1.93. The van der Waals surface area contributed by atoms with E-state index in [1.807, 2.05) is 25.1 Å². The van der Waals surface area contributed by atoms with Crippen molar-refractivity contribution in [3.05, 3.63) is 12.4 Å². The minimum absolute atomic E-state index is 0.408. The summed E-state index contributed by atoms with van der Waals surface area (Å²) in [6.07, 6.45) is 4.79. The molecule has 22 heavy (non-hydrogen) atoms. The first kappa shape index (κ1) is 17.0. The minimum atomic E-state index is -3.09. The lowest BCUT2D eigenvalue weighted by atomic mass is 9.97. The van der Waals surface area contributed by atoms with E-state index in [1.54, 1.807) is 13.4 Å². The van der Waals surface area contributed by atoms with E-state index in [9.17, 15) is 8.42 Å². The smallest absolute Gasteiger partial charge is 0.210 e. The Bertz CT molecular complexity index is 597. The van der Waals surface area contributed by atoms with Crippen molar-refractivity contribution in [1.82, 2.24) is 14.3 Å². The van der Waals surface area contributed by atoms with Gasteiger partial charge in [-0.25, -0.2) is 22.7 Å². The first-order valence-corrected chi connectivity index (χ1v) is 9.28. The molecule has 124 valence electrons. The van der Waals surface area contributed by atoms with E-state index >= 15 is 0 Å². The van der Waals surface area contributed by atoms with Crippen molar-refractivity contribution in [2.75, 3.05) is 56.8 Å². The molecule has 1 aliphatic heterocycles. The lowest BCUT2D eigenvalue weighted by Crippen LogP contribution is -2.39. The van der Waals surface area contributed by atoms with Gasteiger partial charge in [-0.3, -0.25) is 0 Å². The highest BCUT2D eigenvalue weighted by molar-refractivity contribution is 7.88. The third kappa shape index (κ3) is 4.30. The maximum Gasteiger partial charge on any atom is 0.210 e. The fraction of sp³-hybridized carbons (Fsp3) is 0.714. The number of anilines is 2. The van der Waals surface area contributed by atoms with Crippen LogP contribution < -0.4 is 9.80 Å². The number of nitrogens with zero attached hydrogens (tertiary/aromatic N) is 5. The van der Waals surface area contributed by atoms with Crippen LogP contribution in [0, 0.1) is 5.92 Å². The number of rotatable bonds is 5. The average molecular weight is 327 g/mol. The van der Waals surface area contributed by atoms with Crippen LogP contribution in [0.15, 0.2) is 12.4 Å². The fourth-order valence-corrected chi connectivity index (χ4v) is 3.08. The number of piperidine rings is 1. The van der Waals surface area contributed by atoms with E-state index in [0.29, 0.717) is 12.5 Å². The van der Waals surface area contributed by atoms with E-state index in [4.69, 9.17) is 0 Å². The van der Waals surface area contributed by atoms with Gasteiger partial charge in [0.15, 0.2) is 0 Å². The summed E-state index contributed by atoms with van der Waals surface area (Å²) in [7, 11) is 2.47. The van der Waals surface area contributed by atoms with Crippen molar-refractivity contribution in [2.24, 2.45) is 5.92 Å². The van der Waals surface area contributed by atoms with Gasteiger partial charge in [0.05, 0.1) is 6.26 Å². The van der Waals surface area contributed by atoms with E-state index in [1.165, 1.54) is 10.6 Å². The first-order chi connectivity index (χ1) is 10.3. The Kier molecular flexibility index (Phi) is 5.23. The summed E-state index contributed by atoms with van der Waals surface area (Å²) in [5.74, 6) is 2.24. The molecule has 1 aromatic heterocycles. The lowest BCUT2D eigenvalue weighted by Gasteiger charge is -2.34. The van der Waals surface area contributed by atoms with Crippen LogP contribution in [0.3, 0.4) is 0 Å². The predicted molar refractivity (Wildman–Crippen MR) is 88.8 cm³/mol. The molecule has 0 bridgehead atoms. The lowest BCUT2D eigenvalue weighted by molar-refractivity contribution is 0.328. The van der Waals surface area contributed by atoms with Gasteiger partial charge in [0, 0.05) is 46.8 Å². The molecule has 1 aliphatic rings. The standard InChI is InChI=1S/C14H25N5O2S/c1-17(2)13-9-14(16-11-15-13)19-7-5-12(6-8-19)10-18(3)22(4,20)21/h9,11-12H,5-8,10H2,1-4H3. The van der Waals surface area contributed by atoms with Crippen molar-refractivity contribution in [3.63, 3.8) is 0 Å². The number of aromatic nitrogens is 2. The third-order valence-electron chi connectivity index (χ3n) is 4.12. The summed E-state index contributed by atoms with van der Waals surface area (Å²) >= 11 is 0. The molecular weight excluding hydrogens is 302 g/mol. The quantitative estimate of drug-likeness (QED) is 0.791. The van der Waals surface area contributed by atoms with E-state index in [2.05, 4.69) is 14.9 Å². The van der Waals surface area contributed by atoms with Crippen molar-refractivity contribution >= 4 is 21.7 Å². The highest BCUT2D eigenvalue weighted by atomic mass is 32.2. The maximum absolute atomic E-state index is 11.5. The molecule has 8 heteroatoms. The zero-order chi connectivity index (χ0) is 16.3. The molecule has 2 rings (SSSR count). The summed E-state index contributed by atoms with van der Waals surface area (Å²) in [5.41, 5.74) is 0. The summed E-state index contributed by atoms with van der Waals surface area (Å²) in [6.45, 7) is 2.39. The van der Waals surface area contributed by atoms with Crippen LogP contribution in [0.25, 0.3) is 0 Å². The number of sulfonamides is 1. The summed E-state index contributed by atoms with van der Waals surface area (Å²) in [4.78, 5) is 12.8. The van der Waals surface area contributed by atoms with Crippen molar-refractivity contribution in [2.45, 2.75) is 12.8 Å². The average Bonchev–Trinajstić information content (AvgIpc) is 2.47. The van der Waals surface area contributed by atoms with Crippen LogP contribution in [0.5, 0.6) is 0 Å². The van der Waals surface area contributed by atoms with Gasteiger partial charge < -0.3 is 9.80 Å².